The van der Waals surface area contributed by atoms with Gasteiger partial charge in [-0.3, -0.25) is 4.79 Å². The molecule has 2 aromatic rings. The predicted molar refractivity (Wildman–Crippen MR) is 104 cm³/mol. The molecule has 2 N–H and O–H groups in total. The maximum atomic E-state index is 12.4. The van der Waals surface area contributed by atoms with Gasteiger partial charge in [-0.05, 0) is 42.2 Å². The molecule has 142 valence electrons. The summed E-state index contributed by atoms with van der Waals surface area (Å²) in [6.45, 7) is 8.15. The maximum absolute atomic E-state index is 12.4. The molecule has 0 aliphatic carbocycles. The molecule has 0 bridgehead atoms. The summed E-state index contributed by atoms with van der Waals surface area (Å²) in [6.07, 6.45) is -0.798. The van der Waals surface area contributed by atoms with E-state index in [2.05, 4.69) is 31.3 Å². The molecule has 0 unspecified atom stereocenters. The molecule has 0 radical (unpaired) electrons. The van der Waals surface area contributed by atoms with Gasteiger partial charge in [-0.15, -0.1) is 0 Å². The number of rotatable bonds is 3. The number of ether oxygens (including phenoxy) is 2. The van der Waals surface area contributed by atoms with Crippen LogP contribution in [-0.4, -0.2) is 29.4 Å². The molecule has 0 spiro atoms. The number of phenolic OH excluding ortho intramolecular Hbond substituents is 1. The highest BCUT2D eigenvalue weighted by Gasteiger charge is 2.28. The monoisotopic (exact) mass is 368 g/mol. The molecule has 27 heavy (non-hydrogen) atoms. The summed E-state index contributed by atoms with van der Waals surface area (Å²) in [7, 11) is 0. The van der Waals surface area contributed by atoms with Crippen molar-refractivity contribution in [1.82, 2.24) is 5.43 Å². The lowest BCUT2D eigenvalue weighted by Gasteiger charge is -2.27. The SMILES string of the molecule is C/C(=N\NC(=O)[C@H]1COc2ccc(C(C)(C)C)cc2O1)c1ccccc1O. The van der Waals surface area contributed by atoms with Gasteiger partial charge in [0, 0.05) is 5.56 Å². The fraction of sp³-hybridized carbons (Fsp3) is 0.333. The van der Waals surface area contributed by atoms with Gasteiger partial charge in [0.05, 0.1) is 5.71 Å². The van der Waals surface area contributed by atoms with Crippen LogP contribution in [0.2, 0.25) is 0 Å². The van der Waals surface area contributed by atoms with Gasteiger partial charge in [-0.25, -0.2) is 5.43 Å². The second-order valence-corrected chi connectivity index (χ2v) is 7.52. The van der Waals surface area contributed by atoms with Crippen molar-refractivity contribution in [3.63, 3.8) is 0 Å². The van der Waals surface area contributed by atoms with E-state index in [4.69, 9.17) is 9.47 Å². The zero-order valence-electron chi connectivity index (χ0n) is 15.9. The van der Waals surface area contributed by atoms with Gasteiger partial charge in [0.25, 0.3) is 5.91 Å². The normalized spacial score (nSPS) is 16.7. The van der Waals surface area contributed by atoms with Crippen LogP contribution < -0.4 is 14.9 Å². The first-order valence-electron chi connectivity index (χ1n) is 8.82. The highest BCUT2D eigenvalue weighted by molar-refractivity contribution is 6.01. The third-order valence-corrected chi connectivity index (χ3v) is 4.39. The molecule has 2 aromatic carbocycles. The molecule has 1 aliphatic rings. The Hall–Kier alpha value is -3.02. The molecule has 0 aromatic heterocycles. The number of carbonyl (C=O) groups excluding carboxylic acids is 1. The highest BCUT2D eigenvalue weighted by Crippen LogP contribution is 2.36. The lowest BCUT2D eigenvalue weighted by molar-refractivity contribution is -0.130. The third-order valence-electron chi connectivity index (χ3n) is 4.39. The van der Waals surface area contributed by atoms with E-state index in [1.165, 1.54) is 0 Å². The van der Waals surface area contributed by atoms with Crippen molar-refractivity contribution >= 4 is 11.6 Å². The lowest BCUT2D eigenvalue weighted by atomic mass is 9.87. The first kappa shape index (κ1) is 18.8. The molecule has 6 heteroatoms. The second-order valence-electron chi connectivity index (χ2n) is 7.52. The molecule has 0 fully saturated rings. The van der Waals surface area contributed by atoms with Gasteiger partial charge in [0.15, 0.2) is 11.5 Å². The number of aromatic hydroxyl groups is 1. The summed E-state index contributed by atoms with van der Waals surface area (Å²) in [5.41, 5.74) is 4.60. The Balaban J connectivity index is 1.70. The summed E-state index contributed by atoms with van der Waals surface area (Å²) >= 11 is 0. The minimum atomic E-state index is -0.798. The maximum Gasteiger partial charge on any atom is 0.284 e. The molecular weight excluding hydrogens is 344 g/mol. The number of hydrazone groups is 1. The zero-order chi connectivity index (χ0) is 19.6. The Bertz CT molecular complexity index is 884. The van der Waals surface area contributed by atoms with Crippen LogP contribution in [0.5, 0.6) is 17.2 Å². The predicted octanol–water partition coefficient (Wildman–Crippen LogP) is 3.37. The van der Waals surface area contributed by atoms with Crippen molar-refractivity contribution in [2.24, 2.45) is 5.10 Å². The second kappa shape index (κ2) is 7.31. The molecule has 6 nitrogen and oxygen atoms in total. The molecular formula is C21H24N2O4. The van der Waals surface area contributed by atoms with Gasteiger partial charge < -0.3 is 14.6 Å². The fourth-order valence-corrected chi connectivity index (χ4v) is 2.72. The summed E-state index contributed by atoms with van der Waals surface area (Å²) in [4.78, 5) is 12.4. The number of phenols is 1. The van der Waals surface area contributed by atoms with E-state index in [0.717, 1.165) is 5.56 Å². The van der Waals surface area contributed by atoms with Crippen molar-refractivity contribution < 1.29 is 19.4 Å². The number of carbonyl (C=O) groups is 1. The van der Waals surface area contributed by atoms with Crippen molar-refractivity contribution in [2.45, 2.75) is 39.2 Å². The van der Waals surface area contributed by atoms with Crippen LogP contribution in [-0.2, 0) is 10.2 Å². The first-order valence-corrected chi connectivity index (χ1v) is 8.82. The molecule has 3 rings (SSSR count). The Morgan fingerprint density at radius 1 is 1.19 bits per heavy atom. The summed E-state index contributed by atoms with van der Waals surface area (Å²) in [6, 6.07) is 12.6. The lowest BCUT2D eigenvalue weighted by Crippen LogP contribution is -2.42. The quantitative estimate of drug-likeness (QED) is 0.643. The third kappa shape index (κ3) is 4.22. The van der Waals surface area contributed by atoms with Crippen molar-refractivity contribution in [1.29, 1.82) is 0 Å². The Morgan fingerprint density at radius 2 is 1.93 bits per heavy atom. The highest BCUT2D eigenvalue weighted by atomic mass is 16.6. The van der Waals surface area contributed by atoms with Crippen molar-refractivity contribution in [3.8, 4) is 17.2 Å². The fourth-order valence-electron chi connectivity index (χ4n) is 2.72. The van der Waals surface area contributed by atoms with E-state index < -0.39 is 12.0 Å². The molecule has 0 saturated heterocycles. The molecule has 1 amide bonds. The summed E-state index contributed by atoms with van der Waals surface area (Å²) in [5.74, 6) is 0.877. The standard InChI is InChI=1S/C21H24N2O4/c1-13(15-7-5-6-8-16(15)24)22-23-20(25)19-12-26-17-10-9-14(21(2,3)4)11-18(17)27-19/h5-11,19,24H,12H2,1-4H3,(H,23,25)/b22-13+/t19-/m1/s1. The van der Waals surface area contributed by atoms with Crippen LogP contribution in [0.1, 0.15) is 38.8 Å². The summed E-state index contributed by atoms with van der Waals surface area (Å²) < 4.78 is 11.5. The topological polar surface area (TPSA) is 80.2 Å². The van der Waals surface area contributed by atoms with E-state index in [1.807, 2.05) is 18.2 Å². The molecule has 0 saturated carbocycles. The minimum Gasteiger partial charge on any atom is -0.507 e. The summed E-state index contributed by atoms with van der Waals surface area (Å²) in [5, 5.41) is 13.9. The van der Waals surface area contributed by atoms with Crippen LogP contribution in [0.4, 0.5) is 0 Å². The number of fused-ring (bicyclic) bond motifs is 1. The van der Waals surface area contributed by atoms with Crippen LogP contribution >= 0.6 is 0 Å². The van der Waals surface area contributed by atoms with E-state index in [0.29, 0.717) is 22.8 Å². The van der Waals surface area contributed by atoms with E-state index in [-0.39, 0.29) is 17.8 Å². The van der Waals surface area contributed by atoms with Crippen LogP contribution in [0.3, 0.4) is 0 Å². The van der Waals surface area contributed by atoms with Crippen LogP contribution in [0.25, 0.3) is 0 Å². The van der Waals surface area contributed by atoms with Crippen LogP contribution in [0, 0.1) is 0 Å². The number of hydrogen-bond donors (Lipinski definition) is 2. The number of nitrogens with one attached hydrogen (secondary N) is 1. The average molecular weight is 368 g/mol. The van der Waals surface area contributed by atoms with Gasteiger partial charge >= 0.3 is 0 Å². The first-order chi connectivity index (χ1) is 12.8. The Morgan fingerprint density at radius 3 is 2.63 bits per heavy atom. The van der Waals surface area contributed by atoms with Gasteiger partial charge in [-0.2, -0.15) is 5.10 Å². The zero-order valence-corrected chi connectivity index (χ0v) is 15.9. The molecule has 1 atom stereocenters. The number of benzene rings is 2. The largest absolute Gasteiger partial charge is 0.507 e. The Kier molecular flexibility index (Phi) is 5.08. The van der Waals surface area contributed by atoms with Gasteiger partial charge in [-0.1, -0.05) is 39.0 Å². The van der Waals surface area contributed by atoms with E-state index in [9.17, 15) is 9.90 Å². The number of hydrogen-bond acceptors (Lipinski definition) is 5. The number of nitrogens with zero attached hydrogens (tertiary/aromatic N) is 1. The van der Waals surface area contributed by atoms with Gasteiger partial charge in [0.2, 0.25) is 6.10 Å². The van der Waals surface area contributed by atoms with Crippen molar-refractivity contribution in [3.05, 3.63) is 53.6 Å². The smallest absolute Gasteiger partial charge is 0.284 e. The minimum absolute atomic E-state index is 0.0350. The van der Waals surface area contributed by atoms with E-state index >= 15 is 0 Å². The number of amides is 1. The number of para-hydroxylation sites is 1. The molecule has 1 aliphatic heterocycles. The van der Waals surface area contributed by atoms with Crippen LogP contribution in [0.15, 0.2) is 47.6 Å². The average Bonchev–Trinajstić information content (AvgIpc) is 2.64. The van der Waals surface area contributed by atoms with Crippen molar-refractivity contribution in [2.75, 3.05) is 6.61 Å². The Labute approximate surface area is 158 Å². The van der Waals surface area contributed by atoms with E-state index in [1.54, 1.807) is 31.2 Å². The van der Waals surface area contributed by atoms with Gasteiger partial charge in [0.1, 0.15) is 12.4 Å². The molecule has 1 heterocycles.